The molecule has 0 aliphatic carbocycles. The molecule has 0 bridgehead atoms. The van der Waals surface area contributed by atoms with Gasteiger partial charge in [-0.1, -0.05) is 18.2 Å². The Morgan fingerprint density at radius 2 is 2.00 bits per heavy atom. The lowest BCUT2D eigenvalue weighted by Crippen LogP contribution is -2.32. The van der Waals surface area contributed by atoms with Gasteiger partial charge in [0.1, 0.15) is 11.5 Å². The molecule has 1 aromatic heterocycles. The summed E-state index contributed by atoms with van der Waals surface area (Å²) in [7, 11) is 1.51. The van der Waals surface area contributed by atoms with Gasteiger partial charge in [-0.2, -0.15) is 0 Å². The number of nitrogens with zero attached hydrogens (tertiary/aromatic N) is 1. The molecule has 1 aromatic carbocycles. The van der Waals surface area contributed by atoms with Crippen molar-refractivity contribution in [3.8, 4) is 0 Å². The van der Waals surface area contributed by atoms with Crippen LogP contribution in [-0.4, -0.2) is 21.8 Å². The summed E-state index contributed by atoms with van der Waals surface area (Å²) in [5, 5.41) is 2.97. The predicted octanol–water partition coefficient (Wildman–Crippen LogP) is 0.860. The van der Waals surface area contributed by atoms with E-state index in [1.54, 1.807) is 11.8 Å². The van der Waals surface area contributed by atoms with E-state index in [9.17, 15) is 9.59 Å². The normalized spacial score (nSPS) is 10.4. The Labute approximate surface area is 120 Å². The molecule has 106 valence electrons. The van der Waals surface area contributed by atoms with Crippen LogP contribution in [0.3, 0.4) is 0 Å². The fourth-order valence-electron chi connectivity index (χ4n) is 1.67. The molecule has 0 fully saturated rings. The molecule has 20 heavy (non-hydrogen) atoms. The summed E-state index contributed by atoms with van der Waals surface area (Å²) in [4.78, 5) is 26.4. The van der Waals surface area contributed by atoms with Crippen LogP contribution in [0.4, 0.5) is 11.5 Å². The van der Waals surface area contributed by atoms with Gasteiger partial charge >= 0.3 is 5.69 Å². The van der Waals surface area contributed by atoms with E-state index in [1.807, 2.05) is 30.3 Å². The van der Waals surface area contributed by atoms with Gasteiger partial charge in [-0.15, -0.1) is 11.8 Å². The molecule has 2 aromatic rings. The average Bonchev–Trinajstić information content (AvgIpc) is 2.45. The Morgan fingerprint density at radius 3 is 2.70 bits per heavy atom. The number of rotatable bonds is 5. The number of H-pyrrole nitrogens is 1. The van der Waals surface area contributed by atoms with Crippen LogP contribution < -0.4 is 22.3 Å². The first kappa shape index (κ1) is 14.3. The van der Waals surface area contributed by atoms with E-state index in [0.29, 0.717) is 6.54 Å². The first-order valence-electron chi connectivity index (χ1n) is 6.10. The third kappa shape index (κ3) is 3.24. The number of aromatic amines is 1. The first-order valence-corrected chi connectivity index (χ1v) is 7.08. The Balaban J connectivity index is 1.97. The maximum absolute atomic E-state index is 11.7. The van der Waals surface area contributed by atoms with Crippen molar-refractivity contribution in [3.05, 3.63) is 51.2 Å². The quantitative estimate of drug-likeness (QED) is 0.561. The zero-order valence-electron chi connectivity index (χ0n) is 11.1. The number of benzene rings is 1. The Bertz CT molecular complexity index is 694. The van der Waals surface area contributed by atoms with Gasteiger partial charge in [0.05, 0.1) is 0 Å². The second kappa shape index (κ2) is 6.33. The van der Waals surface area contributed by atoms with Gasteiger partial charge in [-0.05, 0) is 12.1 Å². The summed E-state index contributed by atoms with van der Waals surface area (Å²) in [6, 6.07) is 9.97. The molecule has 2 rings (SSSR count). The summed E-state index contributed by atoms with van der Waals surface area (Å²) in [5.41, 5.74) is 4.98. The number of thioether (sulfide) groups is 1. The van der Waals surface area contributed by atoms with Gasteiger partial charge in [0.25, 0.3) is 5.56 Å². The molecule has 6 nitrogen and oxygen atoms in total. The third-order valence-corrected chi connectivity index (χ3v) is 3.80. The number of nitrogen functional groups attached to an aromatic ring is 1. The Morgan fingerprint density at radius 1 is 1.30 bits per heavy atom. The molecule has 4 N–H and O–H groups in total. The van der Waals surface area contributed by atoms with Crippen molar-refractivity contribution in [2.45, 2.75) is 4.90 Å². The van der Waals surface area contributed by atoms with Crippen molar-refractivity contribution >= 4 is 23.3 Å². The maximum atomic E-state index is 11.7. The smallest absolute Gasteiger partial charge is 0.329 e. The summed E-state index contributed by atoms with van der Waals surface area (Å²) >= 11 is 1.67. The standard InChI is InChI=1S/C13H16N4O2S/c1-17-11(14)10(12(18)16-13(17)19)15-7-8-20-9-5-3-2-4-6-9/h2-6,15H,7-8,14H2,1H3,(H,16,18,19). The van der Waals surface area contributed by atoms with Crippen LogP contribution in [0.1, 0.15) is 0 Å². The summed E-state index contributed by atoms with van der Waals surface area (Å²) in [6.45, 7) is 0.574. The molecule has 0 aliphatic heterocycles. The zero-order valence-corrected chi connectivity index (χ0v) is 11.9. The van der Waals surface area contributed by atoms with Crippen LogP contribution in [-0.2, 0) is 7.05 Å². The molecule has 0 amide bonds. The van der Waals surface area contributed by atoms with E-state index in [4.69, 9.17) is 5.73 Å². The van der Waals surface area contributed by atoms with Gasteiger partial charge in [0, 0.05) is 24.2 Å². The second-order valence-electron chi connectivity index (χ2n) is 4.17. The van der Waals surface area contributed by atoms with Crippen LogP contribution in [0.15, 0.2) is 44.8 Å². The molecule has 0 atom stereocenters. The summed E-state index contributed by atoms with van der Waals surface area (Å²) in [6.07, 6.45) is 0. The lowest BCUT2D eigenvalue weighted by atomic mass is 10.4. The molecule has 0 saturated heterocycles. The summed E-state index contributed by atoms with van der Waals surface area (Å²) in [5.74, 6) is 0.926. The predicted molar refractivity (Wildman–Crippen MR) is 82.4 cm³/mol. The maximum Gasteiger partial charge on any atom is 0.329 e. The Kier molecular flexibility index (Phi) is 4.52. The SMILES string of the molecule is Cn1c(N)c(NCCSc2ccccc2)c(=O)[nH]c1=O. The number of hydrogen-bond acceptors (Lipinski definition) is 5. The van der Waals surface area contributed by atoms with Crippen molar-refractivity contribution in [3.63, 3.8) is 0 Å². The minimum absolute atomic E-state index is 0.142. The van der Waals surface area contributed by atoms with E-state index in [1.165, 1.54) is 11.6 Å². The fraction of sp³-hybridized carbons (Fsp3) is 0.231. The highest BCUT2D eigenvalue weighted by molar-refractivity contribution is 7.99. The number of aromatic nitrogens is 2. The van der Waals surface area contributed by atoms with Crippen LogP contribution in [0, 0.1) is 0 Å². The van der Waals surface area contributed by atoms with Gasteiger partial charge in [0.2, 0.25) is 0 Å². The number of hydrogen-bond donors (Lipinski definition) is 3. The largest absolute Gasteiger partial charge is 0.383 e. The molecular formula is C13H16N4O2S. The third-order valence-electron chi connectivity index (χ3n) is 2.79. The van der Waals surface area contributed by atoms with E-state index in [2.05, 4.69) is 10.3 Å². The number of nitrogens with two attached hydrogens (primary N) is 1. The highest BCUT2D eigenvalue weighted by Gasteiger charge is 2.08. The van der Waals surface area contributed by atoms with Crippen molar-refractivity contribution in [2.75, 3.05) is 23.3 Å². The van der Waals surface area contributed by atoms with Crippen LogP contribution >= 0.6 is 11.8 Å². The molecule has 0 unspecified atom stereocenters. The van der Waals surface area contributed by atoms with E-state index in [0.717, 1.165) is 10.6 Å². The minimum atomic E-state index is -0.517. The minimum Gasteiger partial charge on any atom is -0.383 e. The molecule has 0 radical (unpaired) electrons. The average molecular weight is 292 g/mol. The van der Waals surface area contributed by atoms with E-state index < -0.39 is 11.2 Å². The lowest BCUT2D eigenvalue weighted by Gasteiger charge is -2.10. The molecule has 1 heterocycles. The van der Waals surface area contributed by atoms with Crippen molar-refractivity contribution in [2.24, 2.45) is 7.05 Å². The lowest BCUT2D eigenvalue weighted by molar-refractivity contribution is 0.813. The molecule has 7 heteroatoms. The van der Waals surface area contributed by atoms with Crippen molar-refractivity contribution < 1.29 is 0 Å². The van der Waals surface area contributed by atoms with Crippen molar-refractivity contribution in [1.29, 1.82) is 0 Å². The molecule has 0 saturated carbocycles. The Hall–Kier alpha value is -2.15. The van der Waals surface area contributed by atoms with Gasteiger partial charge < -0.3 is 11.1 Å². The molecule has 0 aliphatic rings. The monoisotopic (exact) mass is 292 g/mol. The van der Waals surface area contributed by atoms with Crippen LogP contribution in [0.5, 0.6) is 0 Å². The number of nitrogens with one attached hydrogen (secondary N) is 2. The highest BCUT2D eigenvalue weighted by atomic mass is 32.2. The number of anilines is 2. The highest BCUT2D eigenvalue weighted by Crippen LogP contribution is 2.16. The van der Waals surface area contributed by atoms with E-state index in [-0.39, 0.29) is 11.5 Å². The van der Waals surface area contributed by atoms with Gasteiger partial charge in [-0.3, -0.25) is 14.3 Å². The topological polar surface area (TPSA) is 92.9 Å². The fourth-order valence-corrected chi connectivity index (χ4v) is 2.46. The molecule has 0 spiro atoms. The van der Waals surface area contributed by atoms with Crippen LogP contribution in [0.2, 0.25) is 0 Å². The molecular weight excluding hydrogens is 276 g/mol. The summed E-state index contributed by atoms with van der Waals surface area (Å²) < 4.78 is 1.20. The van der Waals surface area contributed by atoms with Gasteiger partial charge in [0.15, 0.2) is 0 Å². The zero-order chi connectivity index (χ0) is 14.5. The van der Waals surface area contributed by atoms with Crippen LogP contribution in [0.25, 0.3) is 0 Å². The van der Waals surface area contributed by atoms with E-state index >= 15 is 0 Å². The second-order valence-corrected chi connectivity index (χ2v) is 5.34. The van der Waals surface area contributed by atoms with Gasteiger partial charge in [-0.25, -0.2) is 4.79 Å². The first-order chi connectivity index (χ1) is 9.59. The van der Waals surface area contributed by atoms with Crippen molar-refractivity contribution in [1.82, 2.24) is 9.55 Å².